The molecule has 1 rings (SSSR count). The van der Waals surface area contributed by atoms with Crippen LogP contribution in [0.15, 0.2) is 0 Å². The number of aliphatic carboxylic acids is 1. The fourth-order valence-corrected chi connectivity index (χ4v) is 5.36. The second-order valence-electron chi connectivity index (χ2n) is 11.3. The molecule has 200 valence electrons. The number of carboxylic acids is 1. The number of unbranched alkanes of at least 4 members (excludes halogenated alkanes) is 12. The Morgan fingerprint density at radius 3 is 1.62 bits per heavy atom. The molecule has 1 saturated carbocycles. The highest BCUT2D eigenvalue weighted by Gasteiger charge is 2.37. The molecule has 4 heteroatoms. The van der Waals surface area contributed by atoms with E-state index in [-0.39, 0.29) is 12.1 Å². The number of carboxylic acid groups (broad SMARTS) is 1. The molecule has 1 N–H and O–H groups in total. The average molecular weight is 481 g/mol. The molecule has 0 bridgehead atoms. The summed E-state index contributed by atoms with van der Waals surface area (Å²) < 4.78 is 6.00. The lowest BCUT2D eigenvalue weighted by Crippen LogP contribution is -2.35. The van der Waals surface area contributed by atoms with Crippen LogP contribution < -0.4 is 0 Å². The Kier molecular flexibility index (Phi) is 18.4. The van der Waals surface area contributed by atoms with Gasteiger partial charge < -0.3 is 9.84 Å². The summed E-state index contributed by atoms with van der Waals surface area (Å²) in [5.41, 5.74) is 0. The van der Waals surface area contributed by atoms with Crippen molar-refractivity contribution >= 4 is 11.9 Å². The summed E-state index contributed by atoms with van der Waals surface area (Å²) in [6, 6.07) is 0. The van der Waals surface area contributed by atoms with Crippen LogP contribution in [-0.4, -0.2) is 23.1 Å². The van der Waals surface area contributed by atoms with Crippen molar-refractivity contribution in [2.75, 3.05) is 0 Å². The number of rotatable bonds is 21. The highest BCUT2D eigenvalue weighted by Crippen LogP contribution is 2.32. The minimum absolute atomic E-state index is 0.0365. The predicted molar refractivity (Wildman–Crippen MR) is 142 cm³/mol. The number of hydrogen-bond donors (Lipinski definition) is 1. The van der Waals surface area contributed by atoms with Crippen LogP contribution in [-0.2, 0) is 14.3 Å². The van der Waals surface area contributed by atoms with Gasteiger partial charge in [0.05, 0.1) is 11.8 Å². The SMILES string of the molecule is CCCCCCCCCC(CCCCCCCCCC(C)C)OC(=O)C1CCCCC1C(=O)O. The Bertz CT molecular complexity index is 516. The molecule has 0 amide bonds. The van der Waals surface area contributed by atoms with E-state index >= 15 is 0 Å². The maximum absolute atomic E-state index is 12.9. The smallest absolute Gasteiger partial charge is 0.310 e. The van der Waals surface area contributed by atoms with Gasteiger partial charge in [-0.2, -0.15) is 0 Å². The van der Waals surface area contributed by atoms with Gasteiger partial charge in [0.2, 0.25) is 0 Å². The Morgan fingerprint density at radius 1 is 0.706 bits per heavy atom. The van der Waals surface area contributed by atoms with Crippen LogP contribution >= 0.6 is 0 Å². The first-order valence-electron chi connectivity index (χ1n) is 14.9. The first kappa shape index (κ1) is 31.0. The van der Waals surface area contributed by atoms with Gasteiger partial charge >= 0.3 is 11.9 Å². The summed E-state index contributed by atoms with van der Waals surface area (Å²) >= 11 is 0. The number of esters is 1. The molecule has 3 unspecified atom stereocenters. The van der Waals surface area contributed by atoms with Crippen molar-refractivity contribution in [1.29, 1.82) is 0 Å². The van der Waals surface area contributed by atoms with E-state index < -0.39 is 17.8 Å². The Labute approximate surface area is 211 Å². The highest BCUT2D eigenvalue weighted by atomic mass is 16.5. The number of carbonyl (C=O) groups excluding carboxylic acids is 1. The maximum atomic E-state index is 12.9. The number of carbonyl (C=O) groups is 2. The summed E-state index contributed by atoms with van der Waals surface area (Å²) in [5, 5.41) is 9.55. The summed E-state index contributed by atoms with van der Waals surface area (Å²) in [5.74, 6) is -1.27. The molecule has 0 aromatic heterocycles. The van der Waals surface area contributed by atoms with Crippen LogP contribution in [0.3, 0.4) is 0 Å². The Hall–Kier alpha value is -1.06. The van der Waals surface area contributed by atoms with E-state index in [1.54, 1.807) is 0 Å². The van der Waals surface area contributed by atoms with Gasteiger partial charge in [-0.25, -0.2) is 0 Å². The lowest BCUT2D eigenvalue weighted by atomic mass is 9.79. The van der Waals surface area contributed by atoms with E-state index in [0.29, 0.717) is 12.8 Å². The van der Waals surface area contributed by atoms with E-state index in [2.05, 4.69) is 20.8 Å². The lowest BCUT2D eigenvalue weighted by Gasteiger charge is -2.29. The largest absolute Gasteiger partial charge is 0.481 e. The topological polar surface area (TPSA) is 63.6 Å². The molecule has 0 saturated heterocycles. The molecule has 1 fully saturated rings. The molecule has 0 radical (unpaired) electrons. The van der Waals surface area contributed by atoms with Crippen LogP contribution in [0, 0.1) is 17.8 Å². The van der Waals surface area contributed by atoms with E-state index in [1.165, 1.54) is 83.5 Å². The molecular formula is C30H56O4. The zero-order valence-electron chi connectivity index (χ0n) is 22.8. The molecule has 0 aliphatic heterocycles. The van der Waals surface area contributed by atoms with Crippen molar-refractivity contribution in [3.8, 4) is 0 Å². The molecule has 3 atom stereocenters. The quantitative estimate of drug-likeness (QED) is 0.131. The lowest BCUT2D eigenvalue weighted by molar-refractivity contribution is -0.164. The third-order valence-corrected chi connectivity index (χ3v) is 7.61. The van der Waals surface area contributed by atoms with Crippen molar-refractivity contribution in [2.24, 2.45) is 17.8 Å². The van der Waals surface area contributed by atoms with Gasteiger partial charge in [0.25, 0.3) is 0 Å². The number of hydrogen-bond acceptors (Lipinski definition) is 3. The predicted octanol–water partition coefficient (Wildman–Crippen LogP) is 9.10. The monoisotopic (exact) mass is 480 g/mol. The molecule has 0 aromatic rings. The van der Waals surface area contributed by atoms with Gasteiger partial charge in [0.15, 0.2) is 0 Å². The first-order chi connectivity index (χ1) is 16.5. The molecule has 34 heavy (non-hydrogen) atoms. The molecule has 1 aliphatic carbocycles. The summed E-state index contributed by atoms with van der Waals surface area (Å²) in [7, 11) is 0. The third-order valence-electron chi connectivity index (χ3n) is 7.61. The summed E-state index contributed by atoms with van der Waals surface area (Å²) in [4.78, 5) is 24.6. The Morgan fingerprint density at radius 2 is 1.15 bits per heavy atom. The van der Waals surface area contributed by atoms with Crippen molar-refractivity contribution in [1.82, 2.24) is 0 Å². The van der Waals surface area contributed by atoms with Gasteiger partial charge in [0.1, 0.15) is 6.10 Å². The van der Waals surface area contributed by atoms with Crippen LogP contribution in [0.4, 0.5) is 0 Å². The molecule has 0 spiro atoms. The minimum atomic E-state index is -0.835. The second kappa shape index (κ2) is 20.2. The first-order valence-corrected chi connectivity index (χ1v) is 14.9. The molecule has 0 aromatic carbocycles. The minimum Gasteiger partial charge on any atom is -0.481 e. The number of ether oxygens (including phenoxy) is 1. The van der Waals surface area contributed by atoms with Gasteiger partial charge in [-0.15, -0.1) is 0 Å². The molecular weight excluding hydrogens is 424 g/mol. The maximum Gasteiger partial charge on any atom is 0.310 e. The van der Waals surface area contributed by atoms with Gasteiger partial charge in [-0.1, -0.05) is 117 Å². The van der Waals surface area contributed by atoms with E-state index in [1.807, 2.05) is 0 Å². The zero-order valence-corrected chi connectivity index (χ0v) is 22.8. The van der Waals surface area contributed by atoms with E-state index in [9.17, 15) is 14.7 Å². The molecule has 4 nitrogen and oxygen atoms in total. The third kappa shape index (κ3) is 15.0. The van der Waals surface area contributed by atoms with Gasteiger partial charge in [-0.3, -0.25) is 9.59 Å². The van der Waals surface area contributed by atoms with Crippen LogP contribution in [0.2, 0.25) is 0 Å². The van der Waals surface area contributed by atoms with Crippen LogP contribution in [0.25, 0.3) is 0 Å². The van der Waals surface area contributed by atoms with Crippen molar-refractivity contribution < 1.29 is 19.4 Å². The second-order valence-corrected chi connectivity index (χ2v) is 11.3. The van der Waals surface area contributed by atoms with E-state index in [4.69, 9.17) is 4.74 Å². The van der Waals surface area contributed by atoms with Gasteiger partial charge in [-0.05, 0) is 44.4 Å². The zero-order chi connectivity index (χ0) is 25.0. The molecule has 1 aliphatic rings. The van der Waals surface area contributed by atoms with Gasteiger partial charge in [0, 0.05) is 0 Å². The van der Waals surface area contributed by atoms with Crippen LogP contribution in [0.1, 0.15) is 156 Å². The fourth-order valence-electron chi connectivity index (χ4n) is 5.36. The normalized spacial score (nSPS) is 19.3. The standard InChI is InChI=1S/C30H56O4/c1-4-5-6-7-9-13-16-21-26(22-17-14-11-8-10-12-15-20-25(2)3)34-30(33)28-24-19-18-23-27(28)29(31)32/h25-28H,4-24H2,1-3H3,(H,31,32). The van der Waals surface area contributed by atoms with Crippen molar-refractivity contribution in [3.63, 3.8) is 0 Å². The summed E-state index contributed by atoms with van der Waals surface area (Å²) in [6.07, 6.45) is 24.0. The molecule has 0 heterocycles. The van der Waals surface area contributed by atoms with Crippen molar-refractivity contribution in [3.05, 3.63) is 0 Å². The average Bonchev–Trinajstić information content (AvgIpc) is 2.81. The fraction of sp³-hybridized carbons (Fsp3) is 0.933. The summed E-state index contributed by atoms with van der Waals surface area (Å²) in [6.45, 7) is 6.84. The Balaban J connectivity index is 2.38. The van der Waals surface area contributed by atoms with Crippen LogP contribution in [0.5, 0.6) is 0 Å². The van der Waals surface area contributed by atoms with Crippen molar-refractivity contribution in [2.45, 2.75) is 162 Å². The van der Waals surface area contributed by atoms with E-state index in [0.717, 1.165) is 44.4 Å². The highest BCUT2D eigenvalue weighted by molar-refractivity contribution is 5.81.